The van der Waals surface area contributed by atoms with Gasteiger partial charge in [0.15, 0.2) is 0 Å². The van der Waals surface area contributed by atoms with Crippen LogP contribution in [0.25, 0.3) is 0 Å². The van der Waals surface area contributed by atoms with Crippen molar-refractivity contribution in [2.24, 2.45) is 22.7 Å². The van der Waals surface area contributed by atoms with E-state index in [9.17, 15) is 0 Å². The van der Waals surface area contributed by atoms with Gasteiger partial charge in [-0.2, -0.15) is 0 Å². The molecule has 3 unspecified atom stereocenters. The molecule has 0 saturated heterocycles. The molecule has 1 radical (unpaired) electrons. The molecule has 26 heavy (non-hydrogen) atoms. The molecule has 0 aliphatic heterocycles. The second-order valence-corrected chi connectivity index (χ2v) is 11.0. The summed E-state index contributed by atoms with van der Waals surface area (Å²) in [5, 5.41) is 0.251. The predicted octanol–water partition coefficient (Wildman–Crippen LogP) is 7.97. The second-order valence-electron chi connectivity index (χ2n) is 11.0. The molecule has 1 aliphatic carbocycles. The first-order chi connectivity index (χ1) is 12.1. The molecule has 1 aliphatic rings. The summed E-state index contributed by atoms with van der Waals surface area (Å²) in [6.07, 6.45) is 16.1. The van der Waals surface area contributed by atoms with E-state index in [4.69, 9.17) is 7.37 Å². The molecular formula is C24H47B2. The van der Waals surface area contributed by atoms with Gasteiger partial charge < -0.3 is 0 Å². The molecule has 0 bridgehead atoms. The van der Waals surface area contributed by atoms with Crippen molar-refractivity contribution < 1.29 is 0 Å². The molecule has 0 amide bonds. The molecule has 0 heterocycles. The summed E-state index contributed by atoms with van der Waals surface area (Å²) in [5.74, 6) is 1.66. The van der Waals surface area contributed by atoms with Crippen LogP contribution in [0.5, 0.6) is 0 Å². The van der Waals surface area contributed by atoms with E-state index in [0.717, 1.165) is 11.8 Å². The Labute approximate surface area is 168 Å². The molecule has 1 rings (SSSR count). The normalized spacial score (nSPS) is 27.3. The molecule has 2 heteroatoms. The first-order valence-electron chi connectivity index (χ1n) is 11.7. The Morgan fingerprint density at radius 1 is 1.00 bits per heavy atom. The van der Waals surface area contributed by atoms with Crippen LogP contribution >= 0.6 is 0 Å². The zero-order valence-corrected chi connectivity index (χ0v) is 19.3. The monoisotopic (exact) mass is 357 g/mol. The Morgan fingerprint density at radius 3 is 2.23 bits per heavy atom. The summed E-state index contributed by atoms with van der Waals surface area (Å²) < 4.78 is 0. The van der Waals surface area contributed by atoms with Gasteiger partial charge in [-0.15, -0.1) is 0 Å². The van der Waals surface area contributed by atoms with E-state index < -0.39 is 0 Å². The number of hydrogen-bond acceptors (Lipinski definition) is 0. The Balaban J connectivity index is 2.93. The third-order valence-corrected chi connectivity index (χ3v) is 7.80. The van der Waals surface area contributed by atoms with Crippen LogP contribution in [0.1, 0.15) is 126 Å². The van der Waals surface area contributed by atoms with Crippen molar-refractivity contribution >= 4 is 14.2 Å². The molecule has 0 N–H and O–H groups in total. The van der Waals surface area contributed by atoms with Crippen molar-refractivity contribution in [2.75, 3.05) is 0 Å². The van der Waals surface area contributed by atoms with Crippen LogP contribution in [0, 0.1) is 22.7 Å². The Hall–Kier alpha value is 0.130. The first-order valence-corrected chi connectivity index (χ1v) is 11.7. The standard InChI is InChI=1S/C24H47B2/c1-8-15-24(9-2,26-25)18-17-23(6,7)21-19-22(4,5)16-13-11-10-12-14-20(21)3/h20-21H,8-19H2,1-7H3. The first kappa shape index (κ1) is 24.2. The quantitative estimate of drug-likeness (QED) is 0.386. The summed E-state index contributed by atoms with van der Waals surface area (Å²) in [5.41, 5.74) is 0.881. The summed E-state index contributed by atoms with van der Waals surface area (Å²) in [6.45, 7) is 19.3. The molecule has 0 aromatic rings. The average molecular weight is 357 g/mol. The molecule has 0 aromatic carbocycles. The van der Waals surface area contributed by atoms with E-state index in [0.29, 0.717) is 10.8 Å². The molecule has 0 spiro atoms. The van der Waals surface area contributed by atoms with Crippen LogP contribution < -0.4 is 0 Å². The van der Waals surface area contributed by atoms with Crippen molar-refractivity contribution in [1.82, 2.24) is 0 Å². The van der Waals surface area contributed by atoms with E-state index in [1.165, 1.54) is 77.0 Å². The van der Waals surface area contributed by atoms with Crippen molar-refractivity contribution in [3.8, 4) is 0 Å². The Morgan fingerprint density at radius 2 is 1.65 bits per heavy atom. The van der Waals surface area contributed by atoms with Gasteiger partial charge in [-0.05, 0) is 0 Å². The fraction of sp³-hybridized carbons (Fsp3) is 1.00. The van der Waals surface area contributed by atoms with E-state index in [1.54, 1.807) is 0 Å². The second kappa shape index (κ2) is 10.6. The van der Waals surface area contributed by atoms with E-state index in [1.807, 2.05) is 6.80 Å². The predicted molar refractivity (Wildman–Crippen MR) is 121 cm³/mol. The summed E-state index contributed by atoms with van der Waals surface area (Å²) in [6, 6.07) is 0. The van der Waals surface area contributed by atoms with Crippen LogP contribution in [0.15, 0.2) is 0 Å². The Kier molecular flexibility index (Phi) is 9.87. The Bertz CT molecular complexity index is 412. The van der Waals surface area contributed by atoms with Gasteiger partial charge in [0.05, 0.1) is 0 Å². The zero-order valence-electron chi connectivity index (χ0n) is 19.3. The summed E-state index contributed by atoms with van der Waals surface area (Å²) >= 11 is 0. The SMILES string of the molecule is [B]=BC(CC)(CCC)CCC(C)(C)C1CC(C)(C)CCCCCCC1C. The maximum atomic E-state index is 6.14. The number of hydrogen-bond donors (Lipinski definition) is 0. The topological polar surface area (TPSA) is 0 Å². The molecule has 0 aromatic heterocycles. The van der Waals surface area contributed by atoms with Gasteiger partial charge in [-0.25, -0.2) is 0 Å². The molecule has 3 atom stereocenters. The van der Waals surface area contributed by atoms with Crippen LogP contribution in [0.3, 0.4) is 0 Å². The van der Waals surface area contributed by atoms with Crippen molar-refractivity contribution in [3.63, 3.8) is 0 Å². The van der Waals surface area contributed by atoms with Crippen LogP contribution in [0.2, 0.25) is 5.31 Å². The third kappa shape index (κ3) is 7.27. The number of rotatable bonds is 8. The minimum absolute atomic E-state index is 0.251. The van der Waals surface area contributed by atoms with Gasteiger partial charge >= 0.3 is 168 Å². The van der Waals surface area contributed by atoms with Crippen molar-refractivity contribution in [2.45, 2.75) is 131 Å². The van der Waals surface area contributed by atoms with E-state index in [-0.39, 0.29) is 5.31 Å². The maximum absolute atomic E-state index is 6.14. The fourth-order valence-corrected chi connectivity index (χ4v) is 5.59. The van der Waals surface area contributed by atoms with Crippen LogP contribution in [0.4, 0.5) is 0 Å². The van der Waals surface area contributed by atoms with Crippen LogP contribution in [-0.4, -0.2) is 14.2 Å². The van der Waals surface area contributed by atoms with Gasteiger partial charge in [0.1, 0.15) is 0 Å². The molecule has 0 nitrogen and oxygen atoms in total. The van der Waals surface area contributed by atoms with Gasteiger partial charge in [0.25, 0.3) is 0 Å². The summed E-state index contributed by atoms with van der Waals surface area (Å²) in [4.78, 5) is 0. The molecule has 149 valence electrons. The fourth-order valence-electron chi connectivity index (χ4n) is 5.59. The zero-order chi connectivity index (χ0) is 19.8. The van der Waals surface area contributed by atoms with Gasteiger partial charge in [-0.1, -0.05) is 0 Å². The molecule has 1 saturated carbocycles. The van der Waals surface area contributed by atoms with Gasteiger partial charge in [0.2, 0.25) is 0 Å². The van der Waals surface area contributed by atoms with Crippen LogP contribution in [-0.2, 0) is 0 Å². The van der Waals surface area contributed by atoms with Crippen molar-refractivity contribution in [1.29, 1.82) is 0 Å². The average Bonchev–Trinajstić information content (AvgIpc) is 2.59. The minimum atomic E-state index is 0.251. The van der Waals surface area contributed by atoms with Crippen molar-refractivity contribution in [3.05, 3.63) is 0 Å². The molecule has 1 fully saturated rings. The van der Waals surface area contributed by atoms with E-state index >= 15 is 0 Å². The molecular weight excluding hydrogens is 310 g/mol. The van der Waals surface area contributed by atoms with Gasteiger partial charge in [0, 0.05) is 0 Å². The van der Waals surface area contributed by atoms with Gasteiger partial charge in [-0.3, -0.25) is 0 Å². The third-order valence-electron chi connectivity index (χ3n) is 7.80. The summed E-state index contributed by atoms with van der Waals surface area (Å²) in [7, 11) is 6.14. The van der Waals surface area contributed by atoms with E-state index in [2.05, 4.69) is 48.5 Å².